The van der Waals surface area contributed by atoms with Gasteiger partial charge in [-0.15, -0.1) is 0 Å². The number of likely N-dealkylation sites (tertiary alicyclic amines) is 1. The summed E-state index contributed by atoms with van der Waals surface area (Å²) in [6.45, 7) is 2.31. The highest BCUT2D eigenvalue weighted by atomic mass is 19.1. The zero-order chi connectivity index (χ0) is 29.6. The van der Waals surface area contributed by atoms with Crippen LogP contribution in [0.1, 0.15) is 55.7 Å². The van der Waals surface area contributed by atoms with Crippen molar-refractivity contribution in [2.45, 2.75) is 62.7 Å². The molecule has 3 aromatic rings. The average molecular weight is 583 g/mol. The lowest BCUT2D eigenvalue weighted by molar-refractivity contribution is -0.00422. The van der Waals surface area contributed by atoms with Crippen molar-refractivity contribution >= 4 is 11.7 Å². The van der Waals surface area contributed by atoms with E-state index in [1.165, 1.54) is 22.6 Å². The zero-order valence-electron chi connectivity index (χ0n) is 24.1. The summed E-state index contributed by atoms with van der Waals surface area (Å²) in [5.74, 6) is -1.54. The molecule has 224 valence electrons. The van der Waals surface area contributed by atoms with Crippen LogP contribution in [-0.4, -0.2) is 86.9 Å². The molecule has 2 aliphatic heterocycles. The summed E-state index contributed by atoms with van der Waals surface area (Å²) >= 11 is 0. The van der Waals surface area contributed by atoms with Crippen molar-refractivity contribution in [2.75, 3.05) is 40.3 Å². The number of amides is 2. The molecule has 4 heterocycles. The third kappa shape index (κ3) is 5.28. The van der Waals surface area contributed by atoms with E-state index in [2.05, 4.69) is 14.8 Å². The van der Waals surface area contributed by atoms with Crippen LogP contribution in [-0.2, 0) is 6.54 Å². The molecule has 3 aliphatic rings. The third-order valence-corrected chi connectivity index (χ3v) is 9.57. The summed E-state index contributed by atoms with van der Waals surface area (Å²) in [4.78, 5) is 39.7. The number of pyridine rings is 1. The van der Waals surface area contributed by atoms with Crippen molar-refractivity contribution in [3.63, 3.8) is 0 Å². The predicted octanol–water partition coefficient (Wildman–Crippen LogP) is 4.43. The van der Waals surface area contributed by atoms with E-state index in [1.807, 2.05) is 19.0 Å². The Morgan fingerprint density at radius 2 is 1.81 bits per heavy atom. The Balaban J connectivity index is 1.25. The molecule has 1 saturated carbocycles. The molecule has 42 heavy (non-hydrogen) atoms. The number of hydrogen-bond acceptors (Lipinski definition) is 5. The van der Waals surface area contributed by atoms with Gasteiger partial charge >= 0.3 is 6.03 Å². The molecule has 0 N–H and O–H groups in total. The van der Waals surface area contributed by atoms with Crippen LogP contribution in [0.25, 0.3) is 5.65 Å². The minimum Gasteiger partial charge on any atom is -0.321 e. The summed E-state index contributed by atoms with van der Waals surface area (Å²) in [6, 6.07) is 5.63. The predicted molar refractivity (Wildman–Crippen MR) is 153 cm³/mol. The molecule has 0 radical (unpaired) electrons. The SMILES string of the molecule is CN(C)C1CCN(C(=O)N2CCN(Cc3cnc4ccc(F)cn4c3=O)C3(CCCC3)C2)[C@H](c2cc(F)ccc2F)C1. The number of benzene rings is 1. The smallest absolute Gasteiger partial charge is 0.320 e. The first-order chi connectivity index (χ1) is 20.1. The Labute approximate surface area is 243 Å². The Hall–Kier alpha value is -3.44. The van der Waals surface area contributed by atoms with Crippen LogP contribution in [0.5, 0.6) is 0 Å². The van der Waals surface area contributed by atoms with Gasteiger partial charge in [-0.25, -0.2) is 22.9 Å². The van der Waals surface area contributed by atoms with Crippen molar-refractivity contribution in [1.82, 2.24) is 29.0 Å². The number of urea groups is 1. The molecule has 6 rings (SSSR count). The molecule has 1 spiro atoms. The highest BCUT2D eigenvalue weighted by Gasteiger charge is 2.47. The lowest BCUT2D eigenvalue weighted by atomic mass is 9.89. The van der Waals surface area contributed by atoms with Gasteiger partial charge in [0.05, 0.1) is 11.6 Å². The molecule has 11 heteroatoms. The number of hydrogen-bond donors (Lipinski definition) is 0. The highest BCUT2D eigenvalue weighted by molar-refractivity contribution is 5.75. The lowest BCUT2D eigenvalue weighted by Crippen LogP contribution is -2.64. The second kappa shape index (κ2) is 11.3. The van der Waals surface area contributed by atoms with E-state index in [9.17, 15) is 18.4 Å². The Bertz CT molecular complexity index is 1540. The molecule has 3 fully saturated rings. The Morgan fingerprint density at radius 1 is 1.05 bits per heavy atom. The first-order valence-electron chi connectivity index (χ1n) is 14.7. The summed E-state index contributed by atoms with van der Waals surface area (Å²) in [6.07, 6.45) is 7.81. The third-order valence-electron chi connectivity index (χ3n) is 9.57. The number of rotatable bonds is 4. The molecule has 0 bridgehead atoms. The summed E-state index contributed by atoms with van der Waals surface area (Å²) in [5.41, 5.74) is 0.485. The molecule has 2 atom stereocenters. The van der Waals surface area contributed by atoms with Crippen molar-refractivity contribution in [1.29, 1.82) is 0 Å². The number of fused-ring (bicyclic) bond motifs is 1. The van der Waals surface area contributed by atoms with Crippen LogP contribution in [0, 0.1) is 17.5 Å². The maximum absolute atomic E-state index is 15.0. The zero-order valence-corrected chi connectivity index (χ0v) is 24.1. The quantitative estimate of drug-likeness (QED) is 0.456. The van der Waals surface area contributed by atoms with Gasteiger partial charge in [0.1, 0.15) is 23.1 Å². The molecule has 2 saturated heterocycles. The van der Waals surface area contributed by atoms with Crippen LogP contribution in [0.3, 0.4) is 0 Å². The van der Waals surface area contributed by atoms with Crippen LogP contribution < -0.4 is 5.56 Å². The Kier molecular flexibility index (Phi) is 7.74. The number of piperazine rings is 1. The fourth-order valence-electron chi connectivity index (χ4n) is 7.22. The van der Waals surface area contributed by atoms with Crippen molar-refractivity contribution < 1.29 is 18.0 Å². The van der Waals surface area contributed by atoms with Gasteiger partial charge in [-0.3, -0.25) is 14.1 Å². The van der Waals surface area contributed by atoms with Gasteiger partial charge in [0.25, 0.3) is 5.56 Å². The van der Waals surface area contributed by atoms with Crippen molar-refractivity contribution in [2.24, 2.45) is 0 Å². The van der Waals surface area contributed by atoms with E-state index in [1.54, 1.807) is 11.1 Å². The number of halogens is 3. The standard InChI is InChI=1S/C31H37F3N6O2/c1-36(2)24-9-12-39(27(16-24)25-15-22(32)5-7-26(25)34)30(42)37-13-14-38(31(20-37)10-3-4-11-31)18-21-17-35-28-8-6-23(33)19-40(28)29(21)41/h5-8,15,17,19,24,27H,3-4,9-14,16,18,20H2,1-2H3/t24?,27-/m0/s1. The van der Waals surface area contributed by atoms with E-state index in [4.69, 9.17) is 0 Å². The largest absolute Gasteiger partial charge is 0.321 e. The first kappa shape index (κ1) is 28.7. The first-order valence-corrected chi connectivity index (χ1v) is 14.7. The summed E-state index contributed by atoms with van der Waals surface area (Å²) in [5, 5.41) is 0. The molecule has 1 unspecified atom stereocenters. The van der Waals surface area contributed by atoms with E-state index >= 15 is 4.39 Å². The van der Waals surface area contributed by atoms with Crippen molar-refractivity contribution in [3.8, 4) is 0 Å². The highest BCUT2D eigenvalue weighted by Crippen LogP contribution is 2.40. The fraction of sp³-hybridized carbons (Fsp3) is 0.516. The molecular formula is C31H37F3N6O2. The topological polar surface area (TPSA) is 64.4 Å². The van der Waals surface area contributed by atoms with Gasteiger partial charge in [-0.2, -0.15) is 0 Å². The molecule has 2 amide bonds. The molecular weight excluding hydrogens is 545 g/mol. The molecule has 1 aromatic carbocycles. The summed E-state index contributed by atoms with van der Waals surface area (Å²) in [7, 11) is 3.94. The van der Waals surface area contributed by atoms with Gasteiger partial charge in [0.15, 0.2) is 0 Å². The number of nitrogens with zero attached hydrogens (tertiary/aromatic N) is 6. The van der Waals surface area contributed by atoms with Gasteiger partial charge in [0.2, 0.25) is 0 Å². The summed E-state index contributed by atoms with van der Waals surface area (Å²) < 4.78 is 44.4. The maximum atomic E-state index is 15.0. The monoisotopic (exact) mass is 582 g/mol. The number of carbonyl (C=O) groups is 1. The van der Waals surface area contributed by atoms with E-state index < -0.39 is 23.5 Å². The molecule has 8 nitrogen and oxygen atoms in total. The second-order valence-electron chi connectivity index (χ2n) is 12.2. The number of piperidine rings is 1. The van der Waals surface area contributed by atoms with E-state index in [0.29, 0.717) is 50.4 Å². The van der Waals surface area contributed by atoms with Crippen LogP contribution in [0.15, 0.2) is 47.5 Å². The minimum atomic E-state index is -0.573. The van der Waals surface area contributed by atoms with E-state index in [-0.39, 0.29) is 28.7 Å². The van der Waals surface area contributed by atoms with E-state index in [0.717, 1.165) is 50.4 Å². The average Bonchev–Trinajstić information content (AvgIpc) is 3.45. The molecule has 2 aromatic heterocycles. The van der Waals surface area contributed by atoms with Crippen LogP contribution >= 0.6 is 0 Å². The van der Waals surface area contributed by atoms with Gasteiger partial charge in [0, 0.05) is 62.3 Å². The lowest BCUT2D eigenvalue weighted by Gasteiger charge is -2.51. The van der Waals surface area contributed by atoms with Gasteiger partial charge in [-0.05, 0) is 70.1 Å². The minimum absolute atomic E-state index is 0.142. The normalized spacial score (nSPS) is 22.9. The van der Waals surface area contributed by atoms with Crippen LogP contribution in [0.4, 0.5) is 18.0 Å². The Morgan fingerprint density at radius 3 is 2.57 bits per heavy atom. The number of aromatic nitrogens is 2. The fourth-order valence-corrected chi connectivity index (χ4v) is 7.22. The van der Waals surface area contributed by atoms with Crippen molar-refractivity contribution in [3.05, 3.63) is 81.7 Å². The van der Waals surface area contributed by atoms with Gasteiger partial charge < -0.3 is 14.7 Å². The molecule has 1 aliphatic carbocycles. The maximum Gasteiger partial charge on any atom is 0.320 e. The number of carbonyl (C=O) groups excluding carboxylic acids is 1. The van der Waals surface area contributed by atoms with Crippen LogP contribution in [0.2, 0.25) is 0 Å². The second-order valence-corrected chi connectivity index (χ2v) is 12.2. The van der Waals surface area contributed by atoms with Gasteiger partial charge in [-0.1, -0.05) is 12.8 Å².